The van der Waals surface area contributed by atoms with Crippen LogP contribution >= 0.6 is 0 Å². The highest BCUT2D eigenvalue weighted by Gasteiger charge is 2.57. The van der Waals surface area contributed by atoms with E-state index in [1.54, 1.807) is 6.07 Å². The highest BCUT2D eigenvalue weighted by molar-refractivity contribution is 6.43. The lowest BCUT2D eigenvalue weighted by Crippen LogP contribution is -2.46. The summed E-state index contributed by atoms with van der Waals surface area (Å²) < 4.78 is 12.8. The number of phenolic OH excluding ortho intramolecular Hbond substituents is 1. The minimum Gasteiger partial charge on any atom is -0.507 e. The number of carbonyl (C=O) groups is 2. The summed E-state index contributed by atoms with van der Waals surface area (Å²) in [6.07, 6.45) is 3.32. The fourth-order valence-electron chi connectivity index (χ4n) is 9.08. The Labute approximate surface area is 338 Å². The number of allylic oxidation sites excluding steroid dienone is 1. The Hall–Kier alpha value is -6.42. The summed E-state index contributed by atoms with van der Waals surface area (Å²) >= 11 is 0. The number of nitrogens with one attached hydrogen (secondary N) is 1. The van der Waals surface area contributed by atoms with Crippen molar-refractivity contribution in [2.24, 2.45) is 17.8 Å². The van der Waals surface area contributed by atoms with Crippen LogP contribution in [0.4, 0.5) is 17.1 Å². The van der Waals surface area contributed by atoms with Crippen molar-refractivity contribution in [2.45, 2.75) is 31.7 Å². The average molecular weight is 767 g/mol. The van der Waals surface area contributed by atoms with Gasteiger partial charge in [-0.05, 0) is 119 Å². The molecule has 0 spiro atoms. The SMILES string of the molecule is O=C1[C@@H]2[C@@H](CC(COc3ccccc3)=C3[C@@H](CC/C(=C/c4ccc(O)c5ccccc45)c4ccccc4)OB(O)C[C@@H]32)C(=O)N1c1ccc(Nc2ccccc2)cc1. The number of imide groups is 1. The van der Waals surface area contributed by atoms with Crippen molar-refractivity contribution in [1.29, 1.82) is 0 Å². The summed E-state index contributed by atoms with van der Waals surface area (Å²) in [6, 6.07) is 48.4. The second-order valence-corrected chi connectivity index (χ2v) is 15.3. The summed E-state index contributed by atoms with van der Waals surface area (Å²) in [5, 5.41) is 27.0. The summed E-state index contributed by atoms with van der Waals surface area (Å²) in [6.45, 7) is 0.233. The molecule has 58 heavy (non-hydrogen) atoms. The van der Waals surface area contributed by atoms with Gasteiger partial charge in [-0.1, -0.05) is 103 Å². The van der Waals surface area contributed by atoms with Gasteiger partial charge in [-0.25, -0.2) is 0 Å². The number of fused-ring (bicyclic) bond motifs is 4. The summed E-state index contributed by atoms with van der Waals surface area (Å²) in [7, 11) is -1.11. The Balaban J connectivity index is 1.04. The monoisotopic (exact) mass is 766 g/mol. The first-order valence-electron chi connectivity index (χ1n) is 19.9. The van der Waals surface area contributed by atoms with E-state index in [1.807, 2.05) is 133 Å². The van der Waals surface area contributed by atoms with E-state index in [0.29, 0.717) is 30.7 Å². The van der Waals surface area contributed by atoms with Crippen LogP contribution in [0.1, 0.15) is 30.4 Å². The molecule has 6 aromatic carbocycles. The van der Waals surface area contributed by atoms with Crippen molar-refractivity contribution in [3.8, 4) is 11.5 Å². The predicted octanol–water partition coefficient (Wildman–Crippen LogP) is 9.69. The molecule has 3 N–H and O–H groups in total. The molecule has 9 rings (SSSR count). The van der Waals surface area contributed by atoms with E-state index in [2.05, 4.69) is 23.5 Å². The van der Waals surface area contributed by atoms with Crippen LogP contribution < -0.4 is 15.0 Å². The third-order valence-electron chi connectivity index (χ3n) is 11.7. The van der Waals surface area contributed by atoms with E-state index in [9.17, 15) is 19.7 Å². The highest BCUT2D eigenvalue weighted by atomic mass is 16.5. The number of anilines is 3. The topological polar surface area (TPSA) is 108 Å². The predicted molar refractivity (Wildman–Crippen MR) is 230 cm³/mol. The number of hydrogen-bond donors (Lipinski definition) is 3. The summed E-state index contributed by atoms with van der Waals surface area (Å²) in [5.74, 6) is -1.19. The molecule has 8 nitrogen and oxygen atoms in total. The highest BCUT2D eigenvalue weighted by Crippen LogP contribution is 2.51. The van der Waals surface area contributed by atoms with Crippen molar-refractivity contribution in [3.63, 3.8) is 0 Å². The molecule has 2 amide bonds. The Morgan fingerprint density at radius 2 is 1.41 bits per heavy atom. The van der Waals surface area contributed by atoms with Crippen LogP contribution in [-0.2, 0) is 14.2 Å². The molecular formula is C49H43BN2O6. The first-order chi connectivity index (χ1) is 28.4. The number of ether oxygens (including phenoxy) is 1. The average Bonchev–Trinajstić information content (AvgIpc) is 3.51. The number of para-hydroxylation sites is 2. The van der Waals surface area contributed by atoms with Crippen LogP contribution in [0.15, 0.2) is 163 Å². The van der Waals surface area contributed by atoms with Gasteiger partial charge in [0.25, 0.3) is 0 Å². The van der Waals surface area contributed by atoms with Gasteiger partial charge in [0.15, 0.2) is 0 Å². The second kappa shape index (κ2) is 16.2. The molecule has 4 atom stereocenters. The Kier molecular flexibility index (Phi) is 10.4. The van der Waals surface area contributed by atoms with E-state index in [4.69, 9.17) is 9.39 Å². The Bertz CT molecular complexity index is 2510. The van der Waals surface area contributed by atoms with Crippen LogP contribution in [-0.4, -0.2) is 41.8 Å². The van der Waals surface area contributed by atoms with Crippen molar-refractivity contribution in [3.05, 3.63) is 174 Å². The van der Waals surface area contributed by atoms with Crippen LogP contribution in [0.25, 0.3) is 22.4 Å². The van der Waals surface area contributed by atoms with Gasteiger partial charge < -0.3 is 24.8 Å². The molecule has 2 heterocycles. The second-order valence-electron chi connectivity index (χ2n) is 15.3. The minimum atomic E-state index is -1.11. The number of carbonyl (C=O) groups excluding carboxylic acids is 2. The van der Waals surface area contributed by atoms with Crippen LogP contribution in [0.5, 0.6) is 11.5 Å². The van der Waals surface area contributed by atoms with Crippen molar-refractivity contribution >= 4 is 58.4 Å². The largest absolute Gasteiger partial charge is 0.507 e. The fourth-order valence-corrected chi connectivity index (χ4v) is 9.08. The molecule has 0 aromatic heterocycles. The number of benzene rings is 6. The van der Waals surface area contributed by atoms with Crippen molar-refractivity contribution in [2.75, 3.05) is 16.8 Å². The summed E-state index contributed by atoms with van der Waals surface area (Å²) in [5.41, 5.74) is 7.29. The molecule has 2 fully saturated rings. The molecule has 0 bridgehead atoms. The number of rotatable bonds is 11. The molecule has 1 aliphatic carbocycles. The molecule has 6 aromatic rings. The van der Waals surface area contributed by atoms with Gasteiger partial charge in [-0.15, -0.1) is 0 Å². The lowest BCUT2D eigenvalue weighted by Gasteiger charge is -2.43. The summed E-state index contributed by atoms with van der Waals surface area (Å²) in [4.78, 5) is 30.2. The zero-order valence-corrected chi connectivity index (χ0v) is 31.9. The minimum absolute atomic E-state index is 0.204. The van der Waals surface area contributed by atoms with Crippen molar-refractivity contribution < 1.29 is 29.1 Å². The number of amides is 2. The maximum absolute atomic E-state index is 14.6. The standard InChI is InChI=1S/C49H43BN2O6/c53-44-26-20-34(40-18-10-11-19-41(40)44)28-33(32-12-4-1-5-13-32)21-27-45-46-35(31-57-39-16-8-3-9-17-39)29-42-47(43(46)30-50(56)58-45)49(55)52(48(42)54)38-24-22-37(23-25-38)51-36-14-6-2-7-15-36/h1-20,22-26,28,42-43,45,47,51,53,56H,21,27,29-31H2/b33-28-/t42-,43+,45-,47-/m1/s1. The Morgan fingerprint density at radius 1 is 0.759 bits per heavy atom. The van der Waals surface area contributed by atoms with E-state index in [1.165, 1.54) is 4.90 Å². The van der Waals surface area contributed by atoms with Gasteiger partial charge in [-0.2, -0.15) is 0 Å². The van der Waals surface area contributed by atoms with Crippen LogP contribution in [0.2, 0.25) is 6.32 Å². The van der Waals surface area contributed by atoms with Gasteiger partial charge in [0.1, 0.15) is 18.1 Å². The van der Waals surface area contributed by atoms with Crippen LogP contribution in [0.3, 0.4) is 0 Å². The molecule has 0 radical (unpaired) electrons. The first kappa shape index (κ1) is 37.2. The maximum Gasteiger partial charge on any atom is 0.455 e. The molecule has 288 valence electrons. The van der Waals surface area contributed by atoms with Gasteiger partial charge in [-0.3, -0.25) is 14.5 Å². The smallest absolute Gasteiger partial charge is 0.455 e. The molecule has 2 aliphatic heterocycles. The molecule has 0 unspecified atom stereocenters. The normalized spacial score (nSPS) is 20.6. The number of hydrogen-bond acceptors (Lipinski definition) is 7. The maximum atomic E-state index is 14.6. The zero-order valence-electron chi connectivity index (χ0n) is 31.9. The first-order valence-corrected chi connectivity index (χ1v) is 19.9. The number of aromatic hydroxyl groups is 1. The van der Waals surface area contributed by atoms with Crippen molar-refractivity contribution in [1.82, 2.24) is 0 Å². The lowest BCUT2D eigenvalue weighted by atomic mass is 9.58. The van der Waals surface area contributed by atoms with Gasteiger partial charge in [0, 0.05) is 16.8 Å². The lowest BCUT2D eigenvalue weighted by molar-refractivity contribution is -0.122. The molecule has 9 heteroatoms. The van der Waals surface area contributed by atoms with Crippen LogP contribution in [0, 0.1) is 17.8 Å². The van der Waals surface area contributed by atoms with Gasteiger partial charge in [0.2, 0.25) is 11.8 Å². The fraction of sp³-hybridized carbons (Fsp3) is 0.184. The van der Waals surface area contributed by atoms with Gasteiger partial charge in [0.05, 0.1) is 23.6 Å². The van der Waals surface area contributed by atoms with E-state index >= 15 is 0 Å². The number of nitrogens with zero attached hydrogens (tertiary/aromatic N) is 1. The Morgan fingerprint density at radius 3 is 2.16 bits per heavy atom. The van der Waals surface area contributed by atoms with Gasteiger partial charge >= 0.3 is 7.12 Å². The van der Waals surface area contributed by atoms with E-state index < -0.39 is 31.0 Å². The van der Waals surface area contributed by atoms with E-state index in [-0.39, 0.29) is 30.5 Å². The molecular weight excluding hydrogens is 723 g/mol. The zero-order chi connectivity index (χ0) is 39.6. The third kappa shape index (κ3) is 7.42. The molecule has 3 aliphatic rings. The quantitative estimate of drug-likeness (QED) is 0.0522. The molecule has 0 saturated carbocycles. The third-order valence-corrected chi connectivity index (χ3v) is 11.7. The van der Waals surface area contributed by atoms with E-state index in [0.717, 1.165) is 50.0 Å². The number of phenols is 1. The molecule has 2 saturated heterocycles.